The Morgan fingerprint density at radius 2 is 2.31 bits per heavy atom. The number of carbonyl (C=O) groups excluding carboxylic acids is 1. The van der Waals surface area contributed by atoms with E-state index in [1.165, 1.54) is 18.0 Å². The third-order valence-corrected chi connectivity index (χ3v) is 2.37. The summed E-state index contributed by atoms with van der Waals surface area (Å²) in [5.41, 5.74) is 0.918. The molecule has 1 aromatic heterocycles. The van der Waals surface area contributed by atoms with Gasteiger partial charge in [-0.2, -0.15) is 0 Å². The van der Waals surface area contributed by atoms with Gasteiger partial charge in [-0.15, -0.1) is 0 Å². The average molecular weight is 242 g/mol. The first-order valence-electron chi connectivity index (χ1n) is 4.78. The van der Waals surface area contributed by atoms with Crippen molar-refractivity contribution < 1.29 is 14.3 Å². The molecule has 16 heavy (non-hydrogen) atoms. The number of methoxy groups -OCH3 is 1. The van der Waals surface area contributed by atoms with E-state index in [1.54, 1.807) is 14.0 Å². The van der Waals surface area contributed by atoms with Gasteiger partial charge in [0.25, 0.3) is 0 Å². The fraction of sp³-hybridized carbons (Fsp3) is 0.500. The molecule has 0 N–H and O–H groups in total. The van der Waals surface area contributed by atoms with E-state index >= 15 is 0 Å². The minimum absolute atomic E-state index is 0.268. The smallest absolute Gasteiger partial charge is 0.341 e. The molecule has 6 heteroatoms. The van der Waals surface area contributed by atoms with Crippen LogP contribution in [-0.4, -0.2) is 35.9 Å². The number of carbonyl (C=O) groups is 1. The lowest BCUT2D eigenvalue weighted by Gasteiger charge is -2.07. The molecular formula is C10H14N2O3S. The zero-order valence-corrected chi connectivity index (χ0v) is 10.3. The van der Waals surface area contributed by atoms with Crippen molar-refractivity contribution in [1.29, 1.82) is 0 Å². The van der Waals surface area contributed by atoms with Gasteiger partial charge in [0.05, 0.1) is 18.9 Å². The van der Waals surface area contributed by atoms with Crippen molar-refractivity contribution in [3.8, 4) is 0 Å². The third-order valence-electron chi connectivity index (χ3n) is 1.80. The molecule has 88 valence electrons. The molecule has 5 nitrogen and oxygen atoms in total. The standard InChI is InChI=1S/C10H14N2O3S/c1-4-15-9(13)7-5-11-10(16-3)12-8(7)6-14-2/h5H,4,6H2,1-3H3. The van der Waals surface area contributed by atoms with Crippen LogP contribution in [0.15, 0.2) is 11.4 Å². The minimum Gasteiger partial charge on any atom is -0.462 e. The summed E-state index contributed by atoms with van der Waals surface area (Å²) in [7, 11) is 1.55. The lowest BCUT2D eigenvalue weighted by Crippen LogP contribution is -2.11. The topological polar surface area (TPSA) is 61.3 Å². The van der Waals surface area contributed by atoms with Crippen molar-refractivity contribution in [3.63, 3.8) is 0 Å². The molecule has 0 saturated carbocycles. The Balaban J connectivity index is 3.01. The van der Waals surface area contributed by atoms with E-state index in [0.717, 1.165) is 0 Å². The van der Waals surface area contributed by atoms with E-state index in [1.807, 2.05) is 6.26 Å². The van der Waals surface area contributed by atoms with Crippen molar-refractivity contribution in [2.75, 3.05) is 20.0 Å². The minimum atomic E-state index is -0.415. The van der Waals surface area contributed by atoms with Crippen molar-refractivity contribution >= 4 is 17.7 Å². The molecule has 0 amide bonds. The predicted molar refractivity (Wildman–Crippen MR) is 60.5 cm³/mol. The second kappa shape index (κ2) is 6.44. The summed E-state index contributed by atoms with van der Waals surface area (Å²) in [6.07, 6.45) is 3.35. The summed E-state index contributed by atoms with van der Waals surface area (Å²) in [5, 5.41) is 0.611. The second-order valence-corrected chi connectivity index (χ2v) is 3.64. The van der Waals surface area contributed by atoms with Gasteiger partial charge in [0, 0.05) is 13.3 Å². The zero-order valence-electron chi connectivity index (χ0n) is 9.52. The molecule has 1 heterocycles. The molecule has 1 rings (SSSR count). The van der Waals surface area contributed by atoms with E-state index in [-0.39, 0.29) is 6.61 Å². The molecule has 0 atom stereocenters. The largest absolute Gasteiger partial charge is 0.462 e. The highest BCUT2D eigenvalue weighted by atomic mass is 32.2. The van der Waals surface area contributed by atoms with E-state index in [2.05, 4.69) is 9.97 Å². The fourth-order valence-electron chi connectivity index (χ4n) is 1.12. The summed E-state index contributed by atoms with van der Waals surface area (Å²) < 4.78 is 9.90. The van der Waals surface area contributed by atoms with Gasteiger partial charge in [0.1, 0.15) is 5.56 Å². The molecule has 0 saturated heterocycles. The summed E-state index contributed by atoms with van der Waals surface area (Å²) in [6.45, 7) is 2.35. The van der Waals surface area contributed by atoms with Crippen LogP contribution in [0.3, 0.4) is 0 Å². The van der Waals surface area contributed by atoms with Crippen LogP contribution < -0.4 is 0 Å². The maximum atomic E-state index is 11.6. The zero-order chi connectivity index (χ0) is 12.0. The Morgan fingerprint density at radius 3 is 2.88 bits per heavy atom. The van der Waals surface area contributed by atoms with Crippen LogP contribution in [0.4, 0.5) is 0 Å². The van der Waals surface area contributed by atoms with Gasteiger partial charge in [-0.05, 0) is 13.2 Å². The molecule has 0 aliphatic carbocycles. The van der Waals surface area contributed by atoms with Gasteiger partial charge in [-0.25, -0.2) is 14.8 Å². The highest BCUT2D eigenvalue weighted by Gasteiger charge is 2.15. The Labute approximate surface area is 98.6 Å². The van der Waals surface area contributed by atoms with E-state index in [0.29, 0.717) is 23.0 Å². The molecule has 0 aliphatic heterocycles. The molecule has 0 bridgehead atoms. The van der Waals surface area contributed by atoms with Crippen LogP contribution >= 0.6 is 11.8 Å². The van der Waals surface area contributed by atoms with E-state index in [4.69, 9.17) is 9.47 Å². The molecule has 0 fully saturated rings. The normalized spacial score (nSPS) is 10.2. The average Bonchev–Trinajstić information content (AvgIpc) is 2.29. The SMILES string of the molecule is CCOC(=O)c1cnc(SC)nc1COC. The van der Waals surface area contributed by atoms with E-state index in [9.17, 15) is 4.79 Å². The molecule has 0 spiro atoms. The number of hydrogen-bond acceptors (Lipinski definition) is 6. The lowest BCUT2D eigenvalue weighted by molar-refractivity contribution is 0.0519. The van der Waals surface area contributed by atoms with Gasteiger partial charge in [0.2, 0.25) is 0 Å². The van der Waals surface area contributed by atoms with Crippen molar-refractivity contribution in [3.05, 3.63) is 17.5 Å². The molecule has 0 aromatic carbocycles. The van der Waals surface area contributed by atoms with Crippen molar-refractivity contribution in [2.45, 2.75) is 18.7 Å². The Bertz CT molecular complexity index is 371. The number of rotatable bonds is 5. The first-order chi connectivity index (χ1) is 7.72. The Morgan fingerprint density at radius 1 is 1.56 bits per heavy atom. The molecular weight excluding hydrogens is 228 g/mol. The van der Waals surface area contributed by atoms with Crippen molar-refractivity contribution in [2.24, 2.45) is 0 Å². The van der Waals surface area contributed by atoms with Gasteiger partial charge in [-0.1, -0.05) is 11.8 Å². The van der Waals surface area contributed by atoms with Gasteiger partial charge < -0.3 is 9.47 Å². The van der Waals surface area contributed by atoms with Crippen LogP contribution in [0.25, 0.3) is 0 Å². The molecule has 1 aromatic rings. The maximum absolute atomic E-state index is 11.6. The summed E-state index contributed by atoms with van der Waals surface area (Å²) in [5.74, 6) is -0.415. The number of thioether (sulfide) groups is 1. The van der Waals surface area contributed by atoms with Gasteiger partial charge >= 0.3 is 5.97 Å². The predicted octanol–water partition coefficient (Wildman–Crippen LogP) is 1.52. The van der Waals surface area contributed by atoms with Crippen LogP contribution in [0, 0.1) is 0 Å². The molecule has 0 aliphatic rings. The fourth-order valence-corrected chi connectivity index (χ4v) is 1.48. The van der Waals surface area contributed by atoms with Crippen LogP contribution in [0.1, 0.15) is 23.0 Å². The highest BCUT2D eigenvalue weighted by molar-refractivity contribution is 7.98. The number of hydrogen-bond donors (Lipinski definition) is 0. The summed E-state index contributed by atoms with van der Waals surface area (Å²) >= 11 is 1.41. The van der Waals surface area contributed by atoms with Crippen LogP contribution in [0.2, 0.25) is 0 Å². The number of nitrogens with zero attached hydrogens (tertiary/aromatic N) is 2. The third kappa shape index (κ3) is 3.18. The van der Waals surface area contributed by atoms with Crippen LogP contribution in [-0.2, 0) is 16.1 Å². The lowest BCUT2D eigenvalue weighted by atomic mass is 10.2. The van der Waals surface area contributed by atoms with Crippen molar-refractivity contribution in [1.82, 2.24) is 9.97 Å². The summed E-state index contributed by atoms with van der Waals surface area (Å²) in [6, 6.07) is 0. The Kier molecular flexibility index (Phi) is 5.21. The van der Waals surface area contributed by atoms with Gasteiger partial charge in [-0.3, -0.25) is 0 Å². The quantitative estimate of drug-likeness (QED) is 0.443. The summed E-state index contributed by atoms with van der Waals surface area (Å²) in [4.78, 5) is 19.8. The Hall–Kier alpha value is -1.14. The monoisotopic (exact) mass is 242 g/mol. The first-order valence-corrected chi connectivity index (χ1v) is 6.01. The number of aromatic nitrogens is 2. The molecule has 0 unspecified atom stereocenters. The highest BCUT2D eigenvalue weighted by Crippen LogP contribution is 2.13. The maximum Gasteiger partial charge on any atom is 0.341 e. The number of esters is 1. The van der Waals surface area contributed by atoms with Crippen LogP contribution in [0.5, 0.6) is 0 Å². The number of ether oxygens (including phenoxy) is 2. The molecule has 0 radical (unpaired) electrons. The van der Waals surface area contributed by atoms with E-state index < -0.39 is 5.97 Å². The first kappa shape index (κ1) is 12.9. The van der Waals surface area contributed by atoms with Gasteiger partial charge in [0.15, 0.2) is 5.16 Å². The second-order valence-electron chi connectivity index (χ2n) is 2.87.